The first kappa shape index (κ1) is 11.7. The van der Waals surface area contributed by atoms with Crippen molar-refractivity contribution in [2.24, 2.45) is 0 Å². The molecule has 1 heterocycles. The Morgan fingerprint density at radius 2 is 2.31 bits per heavy atom. The molecule has 0 aromatic carbocycles. The van der Waals surface area contributed by atoms with Gasteiger partial charge in [-0.15, -0.1) is 11.6 Å². The molecule has 4 nitrogen and oxygen atoms in total. The van der Waals surface area contributed by atoms with Crippen LogP contribution < -0.4 is 9.64 Å². The fourth-order valence-corrected chi connectivity index (χ4v) is 1.96. The van der Waals surface area contributed by atoms with Gasteiger partial charge in [-0.1, -0.05) is 11.6 Å². The molecule has 1 aromatic heterocycles. The average Bonchev–Trinajstić information content (AvgIpc) is 3.11. The van der Waals surface area contributed by atoms with Gasteiger partial charge in [0.05, 0.1) is 13.3 Å². The smallest absolute Gasteiger partial charge is 0.318 e. The van der Waals surface area contributed by atoms with Gasteiger partial charge in [0.2, 0.25) is 0 Å². The van der Waals surface area contributed by atoms with E-state index in [4.69, 9.17) is 27.9 Å². The molecule has 0 N–H and O–H groups in total. The highest BCUT2D eigenvalue weighted by molar-refractivity contribution is 6.32. The second-order valence-corrected chi connectivity index (χ2v) is 4.43. The number of rotatable bonds is 5. The number of alkyl halides is 1. The Kier molecular flexibility index (Phi) is 3.71. The quantitative estimate of drug-likeness (QED) is 0.763. The van der Waals surface area contributed by atoms with Crippen LogP contribution in [-0.2, 0) is 0 Å². The van der Waals surface area contributed by atoms with E-state index in [1.165, 1.54) is 20.0 Å². The van der Waals surface area contributed by atoms with Crippen LogP contribution in [0.2, 0.25) is 5.02 Å². The molecule has 1 fully saturated rings. The fraction of sp³-hybridized carbons (Fsp3) is 0.600. The van der Waals surface area contributed by atoms with Crippen LogP contribution in [0.3, 0.4) is 0 Å². The molecular weight excluding hydrogens is 249 g/mol. The van der Waals surface area contributed by atoms with Gasteiger partial charge in [0.1, 0.15) is 5.02 Å². The van der Waals surface area contributed by atoms with E-state index in [0.717, 1.165) is 12.4 Å². The van der Waals surface area contributed by atoms with E-state index < -0.39 is 0 Å². The Hall–Kier alpha value is -0.740. The minimum Gasteiger partial charge on any atom is -0.467 e. The molecule has 1 saturated carbocycles. The van der Waals surface area contributed by atoms with Crippen LogP contribution >= 0.6 is 23.2 Å². The highest BCUT2D eigenvalue weighted by atomic mass is 35.5. The maximum Gasteiger partial charge on any atom is 0.318 e. The van der Waals surface area contributed by atoms with Crippen molar-refractivity contribution < 1.29 is 4.74 Å². The van der Waals surface area contributed by atoms with Gasteiger partial charge in [0.25, 0.3) is 0 Å². The Morgan fingerprint density at radius 1 is 1.56 bits per heavy atom. The number of hydrogen-bond donors (Lipinski definition) is 0. The molecule has 1 aliphatic carbocycles. The molecule has 0 radical (unpaired) electrons. The van der Waals surface area contributed by atoms with E-state index in [-0.39, 0.29) is 0 Å². The number of halogens is 2. The van der Waals surface area contributed by atoms with Gasteiger partial charge in [0, 0.05) is 18.5 Å². The van der Waals surface area contributed by atoms with Gasteiger partial charge < -0.3 is 9.64 Å². The van der Waals surface area contributed by atoms with Crippen LogP contribution in [0.4, 0.5) is 5.82 Å². The number of methoxy groups -OCH3 is 1. The van der Waals surface area contributed by atoms with Crippen LogP contribution in [0.25, 0.3) is 0 Å². The Balaban J connectivity index is 2.27. The summed E-state index contributed by atoms with van der Waals surface area (Å²) in [4.78, 5) is 10.4. The highest BCUT2D eigenvalue weighted by Crippen LogP contribution is 2.34. The van der Waals surface area contributed by atoms with Crippen molar-refractivity contribution in [2.45, 2.75) is 18.9 Å². The van der Waals surface area contributed by atoms with E-state index in [2.05, 4.69) is 14.9 Å². The van der Waals surface area contributed by atoms with Crippen molar-refractivity contribution in [1.29, 1.82) is 0 Å². The molecule has 16 heavy (non-hydrogen) atoms. The van der Waals surface area contributed by atoms with Crippen molar-refractivity contribution in [2.75, 3.05) is 24.4 Å². The normalized spacial score (nSPS) is 14.9. The first-order chi connectivity index (χ1) is 7.76. The lowest BCUT2D eigenvalue weighted by Gasteiger charge is -2.23. The summed E-state index contributed by atoms with van der Waals surface area (Å²) in [6, 6.07) is 0.843. The first-order valence-corrected chi connectivity index (χ1v) is 6.06. The van der Waals surface area contributed by atoms with Crippen LogP contribution in [0, 0.1) is 0 Å². The summed E-state index contributed by atoms with van der Waals surface area (Å²) in [6.45, 7) is 0.742. The number of hydrogen-bond acceptors (Lipinski definition) is 4. The molecule has 6 heteroatoms. The SMILES string of the molecule is COc1ncc(Cl)c(N(CCCl)C2CC2)n1. The van der Waals surface area contributed by atoms with Gasteiger partial charge in [-0.3, -0.25) is 0 Å². The molecule has 0 aliphatic heterocycles. The monoisotopic (exact) mass is 261 g/mol. The standard InChI is InChI=1S/C10H13Cl2N3O/c1-16-10-13-6-8(12)9(14-10)15(5-4-11)7-2-3-7/h6-7H,2-5H2,1H3. The summed E-state index contributed by atoms with van der Waals surface area (Å²) in [5.74, 6) is 1.27. The van der Waals surface area contributed by atoms with E-state index in [9.17, 15) is 0 Å². The topological polar surface area (TPSA) is 38.2 Å². The van der Waals surface area contributed by atoms with E-state index in [1.54, 1.807) is 6.20 Å². The lowest BCUT2D eigenvalue weighted by Crippen LogP contribution is -2.29. The zero-order valence-electron chi connectivity index (χ0n) is 8.99. The summed E-state index contributed by atoms with van der Waals surface area (Å²) in [5.41, 5.74) is 0. The molecule has 1 aromatic rings. The second kappa shape index (κ2) is 5.06. The predicted octanol–water partition coefficient (Wildman–Crippen LogP) is 2.35. The first-order valence-electron chi connectivity index (χ1n) is 5.15. The molecule has 88 valence electrons. The zero-order valence-corrected chi connectivity index (χ0v) is 10.5. The molecule has 0 atom stereocenters. The molecular formula is C10H13Cl2N3O. The molecule has 1 aliphatic rings. The minimum absolute atomic E-state index is 0.333. The number of anilines is 1. The Labute approximate surface area is 105 Å². The third kappa shape index (κ3) is 2.50. The second-order valence-electron chi connectivity index (χ2n) is 3.64. The Morgan fingerprint density at radius 3 is 2.88 bits per heavy atom. The molecule has 2 rings (SSSR count). The molecule has 0 spiro atoms. The average molecular weight is 262 g/mol. The van der Waals surface area contributed by atoms with E-state index in [1.807, 2.05) is 0 Å². The highest BCUT2D eigenvalue weighted by Gasteiger charge is 2.31. The summed E-state index contributed by atoms with van der Waals surface area (Å²) in [7, 11) is 1.54. The maximum atomic E-state index is 6.09. The van der Waals surface area contributed by atoms with E-state index >= 15 is 0 Å². The van der Waals surface area contributed by atoms with Gasteiger partial charge in [-0.25, -0.2) is 4.98 Å². The third-order valence-electron chi connectivity index (χ3n) is 2.47. The summed E-state index contributed by atoms with van der Waals surface area (Å²) < 4.78 is 5.00. The lowest BCUT2D eigenvalue weighted by molar-refractivity contribution is 0.379. The van der Waals surface area contributed by atoms with Crippen LogP contribution in [-0.4, -0.2) is 35.5 Å². The van der Waals surface area contributed by atoms with Crippen molar-refractivity contribution in [3.05, 3.63) is 11.2 Å². The van der Waals surface area contributed by atoms with E-state index in [0.29, 0.717) is 23.0 Å². The van der Waals surface area contributed by atoms with Gasteiger partial charge in [0.15, 0.2) is 5.82 Å². The van der Waals surface area contributed by atoms with Gasteiger partial charge >= 0.3 is 6.01 Å². The zero-order chi connectivity index (χ0) is 11.5. The Bertz CT molecular complexity index is 371. The minimum atomic E-state index is 0.333. The third-order valence-corrected chi connectivity index (χ3v) is 2.91. The van der Waals surface area contributed by atoms with Crippen molar-refractivity contribution in [1.82, 2.24) is 9.97 Å². The molecule has 0 bridgehead atoms. The lowest BCUT2D eigenvalue weighted by atomic mass is 10.4. The summed E-state index contributed by atoms with van der Waals surface area (Å²) in [5, 5.41) is 0.540. The van der Waals surface area contributed by atoms with Crippen molar-refractivity contribution in [3.8, 4) is 6.01 Å². The van der Waals surface area contributed by atoms with Crippen LogP contribution in [0.15, 0.2) is 6.20 Å². The van der Waals surface area contributed by atoms with Crippen molar-refractivity contribution in [3.63, 3.8) is 0 Å². The van der Waals surface area contributed by atoms with Crippen molar-refractivity contribution >= 4 is 29.0 Å². The van der Waals surface area contributed by atoms with Crippen LogP contribution in [0.5, 0.6) is 6.01 Å². The fourth-order valence-electron chi connectivity index (χ4n) is 1.58. The number of aromatic nitrogens is 2. The summed E-state index contributed by atoms with van der Waals surface area (Å²) in [6.07, 6.45) is 3.89. The predicted molar refractivity (Wildman–Crippen MR) is 64.7 cm³/mol. The number of nitrogens with zero attached hydrogens (tertiary/aromatic N) is 3. The largest absolute Gasteiger partial charge is 0.467 e. The van der Waals surface area contributed by atoms with Gasteiger partial charge in [-0.2, -0.15) is 4.98 Å². The van der Waals surface area contributed by atoms with Gasteiger partial charge in [-0.05, 0) is 12.8 Å². The maximum absolute atomic E-state index is 6.09. The molecule has 0 unspecified atom stereocenters. The molecule has 0 amide bonds. The molecule has 0 saturated heterocycles. The summed E-state index contributed by atoms with van der Waals surface area (Å²) >= 11 is 11.9. The number of ether oxygens (including phenoxy) is 1. The van der Waals surface area contributed by atoms with Crippen LogP contribution in [0.1, 0.15) is 12.8 Å².